The molecule has 7 nitrogen and oxygen atoms in total. The summed E-state index contributed by atoms with van der Waals surface area (Å²) >= 11 is 10.0. The predicted molar refractivity (Wildman–Crippen MR) is 101 cm³/mol. The van der Waals surface area contributed by atoms with Crippen LogP contribution in [0.5, 0.6) is 5.75 Å². The molecule has 24 heavy (non-hydrogen) atoms. The van der Waals surface area contributed by atoms with Crippen LogP contribution in [0.1, 0.15) is 21.7 Å². The van der Waals surface area contributed by atoms with Crippen LogP contribution in [-0.2, 0) is 0 Å². The number of hydrogen-bond acceptors (Lipinski definition) is 6. The zero-order chi connectivity index (χ0) is 17.9. The van der Waals surface area contributed by atoms with Crippen molar-refractivity contribution in [2.45, 2.75) is 19.0 Å². The first-order valence-electron chi connectivity index (χ1n) is 6.79. The zero-order valence-corrected chi connectivity index (χ0v) is 16.7. The Morgan fingerprint density at radius 2 is 2.08 bits per heavy atom. The van der Waals surface area contributed by atoms with Gasteiger partial charge in [-0.2, -0.15) is 0 Å². The summed E-state index contributed by atoms with van der Waals surface area (Å²) in [5.74, 6) is 0.765. The van der Waals surface area contributed by atoms with E-state index < -0.39 is 0 Å². The van der Waals surface area contributed by atoms with Crippen molar-refractivity contribution in [1.82, 2.24) is 20.2 Å². The van der Waals surface area contributed by atoms with E-state index in [1.807, 2.05) is 19.2 Å². The molecule has 0 aliphatic heterocycles. The molecule has 1 aromatic carbocycles. The first-order chi connectivity index (χ1) is 11.4. The van der Waals surface area contributed by atoms with Gasteiger partial charge in [0.25, 0.3) is 5.91 Å². The van der Waals surface area contributed by atoms with E-state index >= 15 is 0 Å². The van der Waals surface area contributed by atoms with E-state index in [0.717, 1.165) is 10.0 Å². The monoisotopic (exact) mass is 429 g/mol. The van der Waals surface area contributed by atoms with Gasteiger partial charge in [-0.3, -0.25) is 15.5 Å². The van der Waals surface area contributed by atoms with E-state index in [-0.39, 0.29) is 11.0 Å². The van der Waals surface area contributed by atoms with E-state index in [0.29, 0.717) is 22.3 Å². The Morgan fingerprint density at radius 1 is 1.38 bits per heavy atom. The highest BCUT2D eigenvalue weighted by molar-refractivity contribution is 9.10. The Bertz CT molecular complexity index is 794. The Kier molecular flexibility index (Phi) is 6.19. The van der Waals surface area contributed by atoms with E-state index in [4.69, 9.17) is 17.0 Å². The topological polar surface area (TPSA) is 81.1 Å². The number of amides is 1. The summed E-state index contributed by atoms with van der Waals surface area (Å²) in [6, 6.07) is 3.55. The van der Waals surface area contributed by atoms with Crippen LogP contribution in [0.3, 0.4) is 0 Å². The van der Waals surface area contributed by atoms with Crippen LogP contribution in [0.4, 0.5) is 0 Å². The Hall–Kier alpha value is -1.65. The highest BCUT2D eigenvalue weighted by Crippen LogP contribution is 2.27. The normalized spacial score (nSPS) is 10.4. The molecule has 0 radical (unpaired) electrons. The van der Waals surface area contributed by atoms with E-state index in [1.165, 1.54) is 18.9 Å². The van der Waals surface area contributed by atoms with Crippen LogP contribution in [-0.4, -0.2) is 39.3 Å². The van der Waals surface area contributed by atoms with Crippen LogP contribution < -0.4 is 15.5 Å². The fourth-order valence-electron chi connectivity index (χ4n) is 2.07. The number of nitrogens with zero attached hydrogens (tertiary/aromatic N) is 3. The molecular weight excluding hydrogens is 414 g/mol. The van der Waals surface area contributed by atoms with Crippen LogP contribution in [0.25, 0.3) is 0 Å². The first kappa shape index (κ1) is 18.7. The van der Waals surface area contributed by atoms with E-state index in [2.05, 4.69) is 36.9 Å². The van der Waals surface area contributed by atoms with Gasteiger partial charge >= 0.3 is 0 Å². The summed E-state index contributed by atoms with van der Waals surface area (Å²) in [6.07, 6.45) is 1.87. The second-order valence-electron chi connectivity index (χ2n) is 4.77. The minimum Gasteiger partial charge on any atom is -0.496 e. The van der Waals surface area contributed by atoms with Crippen molar-refractivity contribution in [3.8, 4) is 5.75 Å². The summed E-state index contributed by atoms with van der Waals surface area (Å²) in [6.45, 7) is 3.65. The number of thiocarbonyl (C=S) groups is 1. The van der Waals surface area contributed by atoms with Crippen LogP contribution in [0, 0.1) is 13.8 Å². The third-order valence-electron chi connectivity index (χ3n) is 3.11. The molecule has 10 heteroatoms. The maximum absolute atomic E-state index is 12.5. The number of halogens is 1. The Labute approximate surface area is 157 Å². The van der Waals surface area contributed by atoms with Crippen molar-refractivity contribution < 1.29 is 9.53 Å². The summed E-state index contributed by atoms with van der Waals surface area (Å²) in [7, 11) is 1.52. The largest absolute Gasteiger partial charge is 0.496 e. The lowest BCUT2D eigenvalue weighted by Gasteiger charge is -2.15. The summed E-state index contributed by atoms with van der Waals surface area (Å²) in [5.41, 5.74) is 4.13. The lowest BCUT2D eigenvalue weighted by Crippen LogP contribution is -2.38. The quantitative estimate of drug-likeness (QED) is 0.570. The molecule has 1 amide bonds. The van der Waals surface area contributed by atoms with Gasteiger partial charge in [-0.25, -0.2) is 4.68 Å². The molecule has 0 saturated heterocycles. The maximum atomic E-state index is 12.5. The highest BCUT2D eigenvalue weighted by Gasteiger charge is 2.17. The average Bonchev–Trinajstić information content (AvgIpc) is 2.86. The van der Waals surface area contributed by atoms with Crippen LogP contribution >= 0.6 is 39.9 Å². The number of aromatic nitrogens is 3. The number of methoxy groups -OCH3 is 1. The molecule has 0 atom stereocenters. The van der Waals surface area contributed by atoms with Crippen molar-refractivity contribution >= 4 is 50.9 Å². The van der Waals surface area contributed by atoms with Gasteiger partial charge in [-0.15, -0.1) is 10.2 Å². The van der Waals surface area contributed by atoms with Gasteiger partial charge in [0, 0.05) is 4.47 Å². The molecule has 2 rings (SSSR count). The molecule has 1 aromatic heterocycles. The predicted octanol–water partition coefficient (Wildman–Crippen LogP) is 2.65. The molecule has 0 saturated carbocycles. The minimum absolute atomic E-state index is 0.137. The van der Waals surface area contributed by atoms with Crippen molar-refractivity contribution in [2.24, 2.45) is 0 Å². The number of nitrogens with one attached hydrogen (secondary N) is 2. The molecule has 0 unspecified atom stereocenters. The van der Waals surface area contributed by atoms with E-state index in [1.54, 1.807) is 17.7 Å². The first-order valence-corrected chi connectivity index (χ1v) is 9.22. The number of benzene rings is 1. The number of thioether (sulfide) groups is 1. The number of hydrogen-bond donors (Lipinski definition) is 2. The zero-order valence-electron chi connectivity index (χ0n) is 13.5. The van der Waals surface area contributed by atoms with Gasteiger partial charge in [0.2, 0.25) is 5.16 Å². The van der Waals surface area contributed by atoms with E-state index in [9.17, 15) is 4.79 Å². The fourth-order valence-corrected chi connectivity index (χ4v) is 3.31. The summed E-state index contributed by atoms with van der Waals surface area (Å²) < 4.78 is 7.71. The SMILES string of the molecule is COc1c(C)cc(Br)cc1C(=O)NC(=S)Nn1c(C)nnc1SC. The standard InChI is InChI=1S/C14H16BrN5O2S2/c1-7-5-9(15)6-10(11(7)22-3)12(21)16-13(23)19-20-8(2)17-18-14(20)24-4/h5-6H,1-4H3,(H2,16,19,21,23). The maximum Gasteiger partial charge on any atom is 0.261 e. The Balaban J connectivity index is 2.18. The molecule has 0 bridgehead atoms. The molecule has 0 spiro atoms. The number of carbonyl (C=O) groups excluding carboxylic acids is 1. The molecule has 0 aliphatic rings. The highest BCUT2D eigenvalue weighted by atomic mass is 79.9. The molecule has 0 fully saturated rings. The third-order valence-corrected chi connectivity index (χ3v) is 4.39. The second kappa shape index (κ2) is 7.95. The molecule has 0 aliphatic carbocycles. The molecular formula is C14H16BrN5O2S2. The van der Waals surface area contributed by atoms with Crippen LogP contribution in [0.2, 0.25) is 0 Å². The molecule has 128 valence electrons. The second-order valence-corrected chi connectivity index (χ2v) is 6.87. The van der Waals surface area contributed by atoms with Crippen molar-refractivity contribution in [2.75, 3.05) is 18.8 Å². The van der Waals surface area contributed by atoms with Crippen LogP contribution in [0.15, 0.2) is 21.8 Å². The van der Waals surface area contributed by atoms with Gasteiger partial charge < -0.3 is 4.74 Å². The number of rotatable bonds is 4. The summed E-state index contributed by atoms with van der Waals surface area (Å²) in [5, 5.41) is 11.4. The summed E-state index contributed by atoms with van der Waals surface area (Å²) in [4.78, 5) is 12.5. The molecule has 1 heterocycles. The minimum atomic E-state index is -0.370. The van der Waals surface area contributed by atoms with Gasteiger partial charge in [-0.05, 0) is 50.0 Å². The van der Waals surface area contributed by atoms with Crippen molar-refractivity contribution in [1.29, 1.82) is 0 Å². The smallest absolute Gasteiger partial charge is 0.261 e. The Morgan fingerprint density at radius 3 is 2.71 bits per heavy atom. The molecule has 2 aromatic rings. The number of ether oxygens (including phenoxy) is 1. The fraction of sp³-hybridized carbons (Fsp3) is 0.286. The number of carbonyl (C=O) groups is 1. The lowest BCUT2D eigenvalue weighted by molar-refractivity contribution is 0.0974. The van der Waals surface area contributed by atoms with Crippen molar-refractivity contribution in [3.05, 3.63) is 33.6 Å². The third kappa shape index (κ3) is 4.05. The van der Waals surface area contributed by atoms with Gasteiger partial charge in [0.05, 0.1) is 12.7 Å². The van der Waals surface area contributed by atoms with Crippen molar-refractivity contribution in [3.63, 3.8) is 0 Å². The van der Waals surface area contributed by atoms with Gasteiger partial charge in [0.15, 0.2) is 5.11 Å². The average molecular weight is 430 g/mol. The van der Waals surface area contributed by atoms with Gasteiger partial charge in [-0.1, -0.05) is 27.7 Å². The van der Waals surface area contributed by atoms with Gasteiger partial charge in [0.1, 0.15) is 11.6 Å². The lowest BCUT2D eigenvalue weighted by atomic mass is 10.1. The molecule has 2 N–H and O–H groups in total. The number of aryl methyl sites for hydroxylation is 2.